The average molecular weight is 449 g/mol. The van der Waals surface area contributed by atoms with Crippen LogP contribution in [0, 0.1) is 5.41 Å². The van der Waals surface area contributed by atoms with Crippen molar-refractivity contribution < 1.29 is 14.4 Å². The van der Waals surface area contributed by atoms with Gasteiger partial charge in [0.2, 0.25) is 11.8 Å². The number of carbonyl (C=O) groups excluding carboxylic acids is 3. The Morgan fingerprint density at radius 1 is 1.27 bits per heavy atom. The number of hydrogen-bond donors (Lipinski definition) is 3. The normalized spacial score (nSPS) is 15.9. The van der Waals surface area contributed by atoms with Crippen molar-refractivity contribution in [1.29, 1.82) is 0 Å². The second kappa shape index (κ2) is 8.65. The first-order chi connectivity index (χ1) is 14.2. The van der Waals surface area contributed by atoms with Gasteiger partial charge in [0, 0.05) is 35.8 Å². The molecule has 0 saturated carbocycles. The second-order valence-corrected chi connectivity index (χ2v) is 9.40. The summed E-state index contributed by atoms with van der Waals surface area (Å²) >= 11 is 7.28. The molecule has 1 aromatic heterocycles. The maximum absolute atomic E-state index is 12.9. The highest BCUT2D eigenvalue weighted by Crippen LogP contribution is 2.33. The fraction of sp³-hybridized carbons (Fsp3) is 0.381. The molecule has 0 bridgehead atoms. The monoisotopic (exact) mass is 448 g/mol. The first-order valence-corrected chi connectivity index (χ1v) is 10.9. The van der Waals surface area contributed by atoms with E-state index < -0.39 is 17.2 Å². The molecule has 2 heterocycles. The number of nitrogens with two attached hydrogens (primary N) is 2. The van der Waals surface area contributed by atoms with Gasteiger partial charge in [0.15, 0.2) is 0 Å². The lowest BCUT2D eigenvalue weighted by Gasteiger charge is -2.48. The van der Waals surface area contributed by atoms with Crippen LogP contribution in [0.1, 0.15) is 40.6 Å². The molecule has 1 fully saturated rings. The van der Waals surface area contributed by atoms with Crippen LogP contribution in [0.3, 0.4) is 0 Å². The van der Waals surface area contributed by atoms with Gasteiger partial charge in [-0.3, -0.25) is 14.4 Å². The van der Waals surface area contributed by atoms with Gasteiger partial charge in [0.25, 0.3) is 5.91 Å². The van der Waals surface area contributed by atoms with E-state index in [4.69, 9.17) is 23.1 Å². The highest BCUT2D eigenvalue weighted by molar-refractivity contribution is 7.16. The van der Waals surface area contributed by atoms with Crippen molar-refractivity contribution in [3.8, 4) is 0 Å². The van der Waals surface area contributed by atoms with E-state index in [1.54, 1.807) is 36.1 Å². The Kier molecular flexibility index (Phi) is 6.38. The molecule has 7 nitrogen and oxygen atoms in total. The van der Waals surface area contributed by atoms with Crippen LogP contribution in [0.2, 0.25) is 4.34 Å². The van der Waals surface area contributed by atoms with Gasteiger partial charge in [0.1, 0.15) is 5.41 Å². The minimum Gasteiger partial charge on any atom is -0.399 e. The molecule has 3 amide bonds. The third-order valence-electron chi connectivity index (χ3n) is 5.55. The molecule has 30 heavy (non-hydrogen) atoms. The molecule has 0 spiro atoms. The summed E-state index contributed by atoms with van der Waals surface area (Å²) in [6, 6.07) is 8.73. The van der Waals surface area contributed by atoms with E-state index in [2.05, 4.69) is 5.32 Å². The number of carbonyl (C=O) groups is 3. The largest absolute Gasteiger partial charge is 0.399 e. The molecule has 1 saturated heterocycles. The molecular weight excluding hydrogens is 424 g/mol. The fourth-order valence-corrected chi connectivity index (χ4v) is 4.68. The second-order valence-electron chi connectivity index (χ2n) is 7.66. The Balaban J connectivity index is 1.64. The number of nitrogens with one attached hydrogen (secondary N) is 1. The molecule has 1 aliphatic rings. The van der Waals surface area contributed by atoms with Crippen molar-refractivity contribution in [2.24, 2.45) is 11.1 Å². The van der Waals surface area contributed by atoms with Crippen LogP contribution in [0.4, 0.5) is 5.69 Å². The number of hydrogen-bond acceptors (Lipinski definition) is 5. The number of nitrogens with zero attached hydrogens (tertiary/aromatic N) is 1. The lowest BCUT2D eigenvalue weighted by molar-refractivity contribution is -0.136. The van der Waals surface area contributed by atoms with Crippen LogP contribution >= 0.6 is 22.9 Å². The van der Waals surface area contributed by atoms with Gasteiger partial charge in [-0.05, 0) is 49.2 Å². The van der Waals surface area contributed by atoms with Crippen LogP contribution in [0.5, 0.6) is 0 Å². The van der Waals surface area contributed by atoms with E-state index in [1.165, 1.54) is 11.3 Å². The van der Waals surface area contributed by atoms with Crippen LogP contribution in [-0.4, -0.2) is 42.3 Å². The number of halogens is 1. The molecule has 160 valence electrons. The van der Waals surface area contributed by atoms with E-state index in [0.717, 1.165) is 10.4 Å². The number of thiophene rings is 1. The maximum atomic E-state index is 12.9. The predicted molar refractivity (Wildman–Crippen MR) is 119 cm³/mol. The third kappa shape index (κ3) is 4.29. The summed E-state index contributed by atoms with van der Waals surface area (Å²) in [7, 11) is 0. The molecule has 1 aromatic carbocycles. The van der Waals surface area contributed by atoms with Crippen molar-refractivity contribution in [3.63, 3.8) is 0 Å². The van der Waals surface area contributed by atoms with E-state index in [1.807, 2.05) is 13.0 Å². The Labute approximate surface area is 184 Å². The zero-order valence-corrected chi connectivity index (χ0v) is 18.5. The summed E-state index contributed by atoms with van der Waals surface area (Å²) in [5.74, 6) is -1.32. The zero-order chi connectivity index (χ0) is 22.1. The van der Waals surface area contributed by atoms with Gasteiger partial charge < -0.3 is 21.7 Å². The van der Waals surface area contributed by atoms with Crippen molar-refractivity contribution in [2.75, 3.05) is 25.4 Å². The Hall–Kier alpha value is -2.58. The van der Waals surface area contributed by atoms with Gasteiger partial charge >= 0.3 is 0 Å². The number of anilines is 1. The highest BCUT2D eigenvalue weighted by Gasteiger charge is 2.50. The number of nitrogen functional groups attached to an aromatic ring is 1. The molecule has 5 N–H and O–H groups in total. The number of rotatable bonds is 7. The SMILES string of the molecule is CCc1cc(N)ccc1C(=O)N1CC(CNC(=O)C(C)c2ccc(Cl)s2)(C(N)=O)C1. The summed E-state index contributed by atoms with van der Waals surface area (Å²) in [5.41, 5.74) is 12.5. The van der Waals surface area contributed by atoms with E-state index in [9.17, 15) is 14.4 Å². The van der Waals surface area contributed by atoms with Crippen LogP contribution in [0.25, 0.3) is 0 Å². The molecule has 1 atom stereocenters. The molecule has 0 aliphatic carbocycles. The summed E-state index contributed by atoms with van der Waals surface area (Å²) in [4.78, 5) is 40.0. The summed E-state index contributed by atoms with van der Waals surface area (Å²) in [6.07, 6.45) is 0.668. The molecule has 2 aromatic rings. The van der Waals surface area contributed by atoms with Gasteiger partial charge in [-0.2, -0.15) is 0 Å². The minimum atomic E-state index is -0.974. The summed E-state index contributed by atoms with van der Waals surface area (Å²) in [6.45, 7) is 4.13. The van der Waals surface area contributed by atoms with E-state index in [-0.39, 0.29) is 31.4 Å². The smallest absolute Gasteiger partial charge is 0.254 e. The topological polar surface area (TPSA) is 119 Å². The van der Waals surface area contributed by atoms with Crippen molar-refractivity contribution in [2.45, 2.75) is 26.2 Å². The lowest BCUT2D eigenvalue weighted by Crippen LogP contribution is -2.67. The van der Waals surface area contributed by atoms with Gasteiger partial charge in [-0.1, -0.05) is 18.5 Å². The van der Waals surface area contributed by atoms with Gasteiger partial charge in [0.05, 0.1) is 10.3 Å². The number of benzene rings is 1. The Morgan fingerprint density at radius 2 is 1.97 bits per heavy atom. The number of aryl methyl sites for hydroxylation is 1. The number of amides is 3. The first-order valence-electron chi connectivity index (χ1n) is 9.67. The molecule has 1 unspecified atom stereocenters. The third-order valence-corrected chi connectivity index (χ3v) is 6.97. The highest BCUT2D eigenvalue weighted by atomic mass is 35.5. The molecule has 0 radical (unpaired) electrons. The standard InChI is InChI=1S/C21H25ClN4O3S/c1-3-13-8-14(23)4-5-15(13)19(28)26-10-21(11-26,20(24)29)9-25-18(27)12(2)16-6-7-17(22)30-16/h4-8,12H,3,9-11,23H2,1-2H3,(H2,24,29)(H,25,27). The number of likely N-dealkylation sites (tertiary alicyclic amines) is 1. The van der Waals surface area contributed by atoms with Gasteiger partial charge in [-0.15, -0.1) is 11.3 Å². The van der Waals surface area contributed by atoms with Crippen LogP contribution in [-0.2, 0) is 16.0 Å². The van der Waals surface area contributed by atoms with E-state index >= 15 is 0 Å². The lowest BCUT2D eigenvalue weighted by atomic mass is 9.78. The fourth-order valence-electron chi connectivity index (χ4n) is 3.57. The van der Waals surface area contributed by atoms with Gasteiger partial charge in [-0.25, -0.2) is 0 Å². The van der Waals surface area contributed by atoms with Crippen molar-refractivity contribution in [1.82, 2.24) is 10.2 Å². The Bertz CT molecular complexity index is 984. The average Bonchev–Trinajstić information content (AvgIpc) is 3.11. The van der Waals surface area contributed by atoms with Crippen molar-refractivity contribution >= 4 is 46.3 Å². The summed E-state index contributed by atoms with van der Waals surface area (Å²) < 4.78 is 0.612. The molecular formula is C21H25ClN4O3S. The summed E-state index contributed by atoms with van der Waals surface area (Å²) in [5, 5.41) is 2.81. The first kappa shape index (κ1) is 22.1. The number of primary amides is 1. The predicted octanol–water partition coefficient (Wildman–Crippen LogP) is 2.39. The van der Waals surface area contributed by atoms with Crippen molar-refractivity contribution in [3.05, 3.63) is 50.7 Å². The van der Waals surface area contributed by atoms with E-state index in [0.29, 0.717) is 22.0 Å². The van der Waals surface area contributed by atoms with Crippen LogP contribution < -0.4 is 16.8 Å². The molecule has 1 aliphatic heterocycles. The quantitative estimate of drug-likeness (QED) is 0.563. The molecule has 9 heteroatoms. The zero-order valence-electron chi connectivity index (χ0n) is 16.9. The maximum Gasteiger partial charge on any atom is 0.254 e. The Morgan fingerprint density at radius 3 is 2.53 bits per heavy atom. The van der Waals surface area contributed by atoms with Crippen LogP contribution in [0.15, 0.2) is 30.3 Å². The molecule has 3 rings (SSSR count). The minimum absolute atomic E-state index is 0.0801.